The summed E-state index contributed by atoms with van der Waals surface area (Å²) < 4.78 is 43.2. The summed E-state index contributed by atoms with van der Waals surface area (Å²) in [5, 5.41) is 5.64. The molecule has 4 aromatic rings. The molecule has 0 radical (unpaired) electrons. The van der Waals surface area contributed by atoms with Gasteiger partial charge in [-0.1, -0.05) is 51.8 Å². The van der Waals surface area contributed by atoms with Gasteiger partial charge in [0.25, 0.3) is 11.8 Å². The maximum absolute atomic E-state index is 14.5. The van der Waals surface area contributed by atoms with E-state index in [1.54, 1.807) is 83.9 Å². The van der Waals surface area contributed by atoms with Crippen LogP contribution in [0.2, 0.25) is 0 Å². The molecule has 0 saturated carbocycles. The van der Waals surface area contributed by atoms with Gasteiger partial charge < -0.3 is 49.9 Å². The van der Waals surface area contributed by atoms with Crippen LogP contribution in [0.3, 0.4) is 0 Å². The molecule has 1 unspecified atom stereocenters. The highest BCUT2D eigenvalue weighted by Crippen LogP contribution is 2.42. The molecule has 0 saturated heterocycles. The molecule has 388 valence electrons. The average Bonchev–Trinajstić information content (AvgIpc) is 3.97. The number of unbranched alkanes of at least 4 members (excludes halogenated alkanes) is 1. The third kappa shape index (κ3) is 11.1. The Balaban J connectivity index is 0.850. The van der Waals surface area contributed by atoms with Crippen LogP contribution in [0.15, 0.2) is 89.1 Å². The van der Waals surface area contributed by atoms with Crippen molar-refractivity contribution in [2.45, 2.75) is 84.3 Å². The minimum Gasteiger partial charge on any atom is -0.494 e. The van der Waals surface area contributed by atoms with Crippen LogP contribution in [-0.2, 0) is 14.4 Å². The minimum absolute atomic E-state index is 0.143. The molecule has 18 heteroatoms. The first-order chi connectivity index (χ1) is 35.6. The highest BCUT2D eigenvalue weighted by atomic mass is 19.1. The highest BCUT2D eigenvalue weighted by Gasteiger charge is 2.37. The molecule has 4 aliphatic rings. The van der Waals surface area contributed by atoms with Crippen LogP contribution >= 0.6 is 0 Å². The molecule has 0 aliphatic carbocycles. The Hall–Kier alpha value is -8.02. The van der Waals surface area contributed by atoms with Gasteiger partial charge in [0, 0.05) is 67.8 Å². The van der Waals surface area contributed by atoms with E-state index in [9.17, 15) is 28.4 Å². The van der Waals surface area contributed by atoms with Crippen LogP contribution in [0.1, 0.15) is 98.1 Å². The summed E-state index contributed by atoms with van der Waals surface area (Å²) in [6.45, 7) is 7.80. The molecule has 4 N–H and O–H groups in total. The fourth-order valence-electron chi connectivity index (χ4n) is 9.70. The maximum atomic E-state index is 14.5. The molecule has 4 aliphatic heterocycles. The van der Waals surface area contributed by atoms with Gasteiger partial charge in [-0.25, -0.2) is 4.39 Å². The SMILES string of the molecule is CCCCC(C(N)=O)[C@@H](C(=O)N[C@@H](C)C(=O)Nc1ccc(C2=CN3C(=O)c4cc(OC)c(OCCCOc5cc6c(cc5OC)C(=O)N5C=C(c7ccc(OC)c(F)c7)C[C@H]5C=N6)cc4N=C[C@@H]3C2)cc1)C(C)C. The molecular formula is C56H62FN7O10. The number of anilines is 1. The Morgan fingerprint density at radius 1 is 0.703 bits per heavy atom. The monoisotopic (exact) mass is 1010 g/mol. The fraction of sp³-hybridized carbons (Fsp3) is 0.375. The quantitative estimate of drug-likeness (QED) is 0.0676. The largest absolute Gasteiger partial charge is 0.494 e. The summed E-state index contributed by atoms with van der Waals surface area (Å²) in [5.74, 6) is -2.10. The van der Waals surface area contributed by atoms with Crippen LogP contribution in [0, 0.1) is 23.6 Å². The Bertz CT molecular complexity index is 2950. The molecule has 8 rings (SSSR count). The molecule has 0 spiro atoms. The summed E-state index contributed by atoms with van der Waals surface area (Å²) in [5.41, 5.74) is 11.0. The Morgan fingerprint density at radius 2 is 1.23 bits per heavy atom. The van der Waals surface area contributed by atoms with Crippen LogP contribution < -0.4 is 40.1 Å². The normalized spacial score (nSPS) is 17.6. The molecule has 4 heterocycles. The molecule has 0 bridgehead atoms. The number of nitrogens with two attached hydrogens (primary N) is 1. The van der Waals surface area contributed by atoms with E-state index >= 15 is 0 Å². The first-order valence-corrected chi connectivity index (χ1v) is 24.8. The number of ether oxygens (including phenoxy) is 5. The number of rotatable bonds is 21. The number of aliphatic imine (C=N–C) groups is 2. The number of fused-ring (bicyclic) bond motifs is 4. The van der Waals surface area contributed by atoms with E-state index in [1.807, 2.05) is 39.1 Å². The summed E-state index contributed by atoms with van der Waals surface area (Å²) in [6.07, 6.45) is 10.5. The number of halogens is 1. The van der Waals surface area contributed by atoms with Gasteiger partial charge in [0.2, 0.25) is 17.7 Å². The summed E-state index contributed by atoms with van der Waals surface area (Å²) in [6, 6.07) is 17.0. The van der Waals surface area contributed by atoms with Gasteiger partial charge in [-0.15, -0.1) is 0 Å². The molecule has 0 aromatic heterocycles. The fourth-order valence-corrected chi connectivity index (χ4v) is 9.70. The van der Waals surface area contributed by atoms with Crippen LogP contribution in [0.4, 0.5) is 21.5 Å². The van der Waals surface area contributed by atoms with Gasteiger partial charge in [-0.05, 0) is 77.9 Å². The lowest BCUT2D eigenvalue weighted by molar-refractivity contribution is -0.136. The standard InChI is InChI=1S/C56H62FN7O10/c1-8-9-11-40(52(58)65)51(31(2)3)54(67)61-32(4)53(66)62-37-15-12-33(13-16-37)35-20-38-27-59-44-25-49(47(71-6)23-41(44)55(68)63(38)29-35)73-18-10-19-74-50-26-45-42(24-48(50)72-7)56(69)64-30-36(21-39(64)28-60-45)34-14-17-46(70-5)43(57)22-34/h12-17,22-32,38-40,51H,8-11,18-21H2,1-7H3,(H2,58,65)(H,61,67)(H,62,66)/t32-,38-,39-,40?,51-/m0/s1. The number of hydrogen-bond acceptors (Lipinski definition) is 12. The Morgan fingerprint density at radius 3 is 1.72 bits per heavy atom. The molecule has 17 nitrogen and oxygen atoms in total. The number of carbonyl (C=O) groups excluding carboxylic acids is 5. The molecular weight excluding hydrogens is 950 g/mol. The van der Waals surface area contributed by atoms with Crippen molar-refractivity contribution in [3.8, 4) is 28.7 Å². The van der Waals surface area contributed by atoms with E-state index in [0.717, 1.165) is 29.6 Å². The van der Waals surface area contributed by atoms with Crippen molar-refractivity contribution in [3.05, 3.63) is 107 Å². The van der Waals surface area contributed by atoms with Crippen molar-refractivity contribution in [1.82, 2.24) is 15.1 Å². The number of amides is 5. The summed E-state index contributed by atoms with van der Waals surface area (Å²) in [4.78, 5) is 79.4. The van der Waals surface area contributed by atoms with Gasteiger partial charge in [0.1, 0.15) is 6.04 Å². The second-order valence-electron chi connectivity index (χ2n) is 19.0. The van der Waals surface area contributed by atoms with Gasteiger partial charge in [0.05, 0.1) is 75.0 Å². The van der Waals surface area contributed by atoms with Gasteiger partial charge in [-0.3, -0.25) is 34.0 Å². The third-order valence-electron chi connectivity index (χ3n) is 13.7. The van der Waals surface area contributed by atoms with Crippen molar-refractivity contribution < 1.29 is 52.0 Å². The summed E-state index contributed by atoms with van der Waals surface area (Å²) in [7, 11) is 4.40. The van der Waals surface area contributed by atoms with E-state index in [4.69, 9.17) is 34.4 Å². The zero-order valence-corrected chi connectivity index (χ0v) is 42.6. The van der Waals surface area contributed by atoms with Crippen LogP contribution in [0.5, 0.6) is 28.7 Å². The summed E-state index contributed by atoms with van der Waals surface area (Å²) >= 11 is 0. The number of hydrogen-bond donors (Lipinski definition) is 3. The zero-order chi connectivity index (χ0) is 52.8. The zero-order valence-electron chi connectivity index (χ0n) is 42.6. The van der Waals surface area contributed by atoms with E-state index < -0.39 is 35.5 Å². The topological polar surface area (TPSA) is 213 Å². The lowest BCUT2D eigenvalue weighted by Gasteiger charge is -2.28. The molecule has 74 heavy (non-hydrogen) atoms. The smallest absolute Gasteiger partial charge is 0.260 e. The van der Waals surface area contributed by atoms with Gasteiger partial charge in [0.15, 0.2) is 34.6 Å². The third-order valence-corrected chi connectivity index (χ3v) is 13.7. The van der Waals surface area contributed by atoms with Crippen molar-refractivity contribution in [2.24, 2.45) is 33.5 Å². The number of nitrogens with zero attached hydrogens (tertiary/aromatic N) is 4. The molecule has 0 fully saturated rings. The van der Waals surface area contributed by atoms with E-state index in [0.29, 0.717) is 82.4 Å². The molecule has 5 amide bonds. The number of nitrogens with one attached hydrogen (secondary N) is 2. The minimum atomic E-state index is -0.874. The average molecular weight is 1010 g/mol. The molecule has 5 atom stereocenters. The Kier molecular flexibility index (Phi) is 16.1. The number of primary amides is 1. The van der Waals surface area contributed by atoms with Gasteiger partial charge in [-0.2, -0.15) is 0 Å². The second kappa shape index (κ2) is 22.8. The number of carbonyl (C=O) groups is 5. The van der Waals surface area contributed by atoms with E-state index in [2.05, 4.69) is 15.6 Å². The van der Waals surface area contributed by atoms with Crippen molar-refractivity contribution >= 4 is 70.2 Å². The van der Waals surface area contributed by atoms with Crippen LogP contribution in [0.25, 0.3) is 11.1 Å². The maximum Gasteiger partial charge on any atom is 0.260 e. The Labute approximate surface area is 429 Å². The van der Waals surface area contributed by atoms with Crippen LogP contribution in [-0.4, -0.2) is 104 Å². The van der Waals surface area contributed by atoms with Crippen molar-refractivity contribution in [2.75, 3.05) is 39.9 Å². The highest BCUT2D eigenvalue weighted by molar-refractivity contribution is 6.07. The van der Waals surface area contributed by atoms with Crippen molar-refractivity contribution in [1.29, 1.82) is 0 Å². The van der Waals surface area contributed by atoms with Gasteiger partial charge >= 0.3 is 0 Å². The van der Waals surface area contributed by atoms with E-state index in [-0.39, 0.29) is 54.7 Å². The molecule has 4 aromatic carbocycles. The van der Waals surface area contributed by atoms with Crippen molar-refractivity contribution in [3.63, 3.8) is 0 Å². The van der Waals surface area contributed by atoms with E-state index in [1.165, 1.54) is 27.4 Å². The number of methoxy groups -OCH3 is 3. The first-order valence-electron chi connectivity index (χ1n) is 24.8. The lowest BCUT2D eigenvalue weighted by atomic mass is 9.79. The second-order valence-corrected chi connectivity index (χ2v) is 19.0. The first kappa shape index (κ1) is 52.3. The predicted molar refractivity (Wildman–Crippen MR) is 279 cm³/mol. The lowest BCUT2D eigenvalue weighted by Crippen LogP contribution is -2.48. The predicted octanol–water partition coefficient (Wildman–Crippen LogP) is 8.65. The number of benzene rings is 4.